The Hall–Kier alpha value is -0.680. The number of hydrogen-bond acceptors (Lipinski definition) is 4. The third kappa shape index (κ3) is 3.37. The number of hydrogen-bond donors (Lipinski definition) is 2. The van der Waals surface area contributed by atoms with Gasteiger partial charge in [0.25, 0.3) is 0 Å². The van der Waals surface area contributed by atoms with Gasteiger partial charge in [-0.3, -0.25) is 10.1 Å². The standard InChI is InChI=1S/C5H11NO4/c1-2-4(7)5(8)3-6(9)10/h4-5,7-8H,2-3H2,1H3. The van der Waals surface area contributed by atoms with Crippen LogP contribution in [0.4, 0.5) is 0 Å². The minimum atomic E-state index is -1.24. The first kappa shape index (κ1) is 9.32. The van der Waals surface area contributed by atoms with Gasteiger partial charge in [0.1, 0.15) is 6.10 Å². The van der Waals surface area contributed by atoms with Gasteiger partial charge in [-0.1, -0.05) is 6.92 Å². The average molecular weight is 149 g/mol. The lowest BCUT2D eigenvalue weighted by atomic mass is 10.1. The SMILES string of the molecule is CCC(O)C(O)C[N+](=O)[O-]. The van der Waals surface area contributed by atoms with Gasteiger partial charge < -0.3 is 10.2 Å². The highest BCUT2D eigenvalue weighted by molar-refractivity contribution is 4.62. The Balaban J connectivity index is 3.61. The third-order valence-corrected chi connectivity index (χ3v) is 1.20. The lowest BCUT2D eigenvalue weighted by Crippen LogP contribution is -2.31. The monoisotopic (exact) mass is 149 g/mol. The summed E-state index contributed by atoms with van der Waals surface area (Å²) in [6.07, 6.45) is -1.89. The lowest BCUT2D eigenvalue weighted by Gasteiger charge is -2.10. The van der Waals surface area contributed by atoms with Gasteiger partial charge in [0.15, 0.2) is 0 Å². The van der Waals surface area contributed by atoms with Gasteiger partial charge in [-0.25, -0.2) is 0 Å². The highest BCUT2D eigenvalue weighted by Crippen LogP contribution is 1.97. The van der Waals surface area contributed by atoms with E-state index in [0.29, 0.717) is 6.42 Å². The van der Waals surface area contributed by atoms with Crippen molar-refractivity contribution in [2.75, 3.05) is 6.54 Å². The molecule has 5 heteroatoms. The Morgan fingerprint density at radius 2 is 2.00 bits per heavy atom. The minimum Gasteiger partial charge on any atom is -0.390 e. The molecule has 0 amide bonds. The van der Waals surface area contributed by atoms with E-state index in [1.54, 1.807) is 6.92 Å². The average Bonchev–Trinajstić information content (AvgIpc) is 1.85. The van der Waals surface area contributed by atoms with Crippen LogP contribution in [0.3, 0.4) is 0 Å². The number of aliphatic hydroxyl groups excluding tert-OH is 2. The second kappa shape index (κ2) is 4.19. The van der Waals surface area contributed by atoms with E-state index in [0.717, 1.165) is 0 Å². The number of aliphatic hydroxyl groups is 2. The van der Waals surface area contributed by atoms with E-state index in [4.69, 9.17) is 10.2 Å². The van der Waals surface area contributed by atoms with Crippen molar-refractivity contribution >= 4 is 0 Å². The molecule has 0 aliphatic heterocycles. The van der Waals surface area contributed by atoms with Crippen molar-refractivity contribution in [3.05, 3.63) is 10.1 Å². The van der Waals surface area contributed by atoms with Crippen LogP contribution in [0.15, 0.2) is 0 Å². The maximum absolute atomic E-state index is 9.76. The van der Waals surface area contributed by atoms with Crippen LogP contribution in [0, 0.1) is 10.1 Å². The van der Waals surface area contributed by atoms with Crippen LogP contribution < -0.4 is 0 Å². The second-order valence-electron chi connectivity index (χ2n) is 2.06. The molecule has 60 valence electrons. The largest absolute Gasteiger partial charge is 0.390 e. The molecule has 0 saturated carbocycles. The minimum absolute atomic E-state index is 0.328. The van der Waals surface area contributed by atoms with Crippen molar-refractivity contribution < 1.29 is 15.1 Å². The van der Waals surface area contributed by atoms with E-state index in [1.165, 1.54) is 0 Å². The van der Waals surface area contributed by atoms with Gasteiger partial charge in [-0.2, -0.15) is 0 Å². The Morgan fingerprint density at radius 3 is 2.30 bits per heavy atom. The van der Waals surface area contributed by atoms with Gasteiger partial charge in [-0.05, 0) is 6.42 Å². The fraction of sp³-hybridized carbons (Fsp3) is 1.00. The molecule has 2 unspecified atom stereocenters. The summed E-state index contributed by atoms with van der Waals surface area (Å²) in [5.41, 5.74) is 0. The molecule has 2 N–H and O–H groups in total. The molecule has 0 aromatic rings. The molecule has 10 heavy (non-hydrogen) atoms. The molecule has 0 rings (SSSR count). The van der Waals surface area contributed by atoms with Crippen LogP contribution >= 0.6 is 0 Å². The molecule has 5 nitrogen and oxygen atoms in total. The smallest absolute Gasteiger partial charge is 0.231 e. The first-order chi connectivity index (χ1) is 4.57. The Kier molecular flexibility index (Phi) is 3.90. The Labute approximate surface area is 58.4 Å². The molecule has 0 heterocycles. The van der Waals surface area contributed by atoms with E-state index in [2.05, 4.69) is 0 Å². The molecule has 0 aliphatic rings. The number of nitro groups is 1. The molecule has 0 bridgehead atoms. The maximum atomic E-state index is 9.76. The van der Waals surface area contributed by atoms with Gasteiger partial charge in [0, 0.05) is 4.92 Å². The summed E-state index contributed by atoms with van der Waals surface area (Å²) in [5.74, 6) is 0. The molecule has 0 saturated heterocycles. The van der Waals surface area contributed by atoms with Gasteiger partial charge in [0.05, 0.1) is 6.10 Å². The third-order valence-electron chi connectivity index (χ3n) is 1.20. The van der Waals surface area contributed by atoms with Crippen molar-refractivity contribution in [1.82, 2.24) is 0 Å². The van der Waals surface area contributed by atoms with Crippen LogP contribution in [0.5, 0.6) is 0 Å². The van der Waals surface area contributed by atoms with E-state index in [1.807, 2.05) is 0 Å². The predicted molar refractivity (Wildman–Crippen MR) is 34.2 cm³/mol. The van der Waals surface area contributed by atoms with E-state index < -0.39 is 23.7 Å². The van der Waals surface area contributed by atoms with Crippen molar-refractivity contribution in [2.24, 2.45) is 0 Å². The summed E-state index contributed by atoms with van der Waals surface area (Å²) in [6, 6.07) is 0. The maximum Gasteiger partial charge on any atom is 0.231 e. The Bertz CT molecular complexity index is 116. The first-order valence-corrected chi connectivity index (χ1v) is 3.05. The summed E-state index contributed by atoms with van der Waals surface area (Å²) in [5, 5.41) is 27.4. The Morgan fingerprint density at radius 1 is 1.50 bits per heavy atom. The molecule has 0 radical (unpaired) electrons. The highest BCUT2D eigenvalue weighted by Gasteiger charge is 2.19. The molecule has 0 fully saturated rings. The molecule has 0 spiro atoms. The van der Waals surface area contributed by atoms with Crippen LogP contribution in [-0.2, 0) is 0 Å². The highest BCUT2D eigenvalue weighted by atomic mass is 16.6. The van der Waals surface area contributed by atoms with Gasteiger partial charge in [-0.15, -0.1) is 0 Å². The van der Waals surface area contributed by atoms with Crippen molar-refractivity contribution in [3.63, 3.8) is 0 Å². The van der Waals surface area contributed by atoms with Crippen LogP contribution in [-0.4, -0.2) is 33.9 Å². The van der Waals surface area contributed by atoms with E-state index in [-0.39, 0.29) is 0 Å². The van der Waals surface area contributed by atoms with Crippen LogP contribution in [0.2, 0.25) is 0 Å². The lowest BCUT2D eigenvalue weighted by molar-refractivity contribution is -0.492. The fourth-order valence-electron chi connectivity index (χ4n) is 0.546. The van der Waals surface area contributed by atoms with Crippen LogP contribution in [0.25, 0.3) is 0 Å². The van der Waals surface area contributed by atoms with Crippen molar-refractivity contribution in [3.8, 4) is 0 Å². The molecule has 0 aliphatic carbocycles. The summed E-state index contributed by atoms with van der Waals surface area (Å²) in [6.45, 7) is 1.06. The molecule has 0 aromatic carbocycles. The normalized spacial score (nSPS) is 16.3. The molecule has 2 atom stereocenters. The van der Waals surface area contributed by atoms with E-state index >= 15 is 0 Å². The van der Waals surface area contributed by atoms with Crippen molar-refractivity contribution in [2.45, 2.75) is 25.6 Å². The quantitative estimate of drug-likeness (QED) is 0.412. The second-order valence-corrected chi connectivity index (χ2v) is 2.06. The molecular weight excluding hydrogens is 138 g/mol. The van der Waals surface area contributed by atoms with Gasteiger partial charge in [0.2, 0.25) is 6.54 Å². The van der Waals surface area contributed by atoms with Crippen molar-refractivity contribution in [1.29, 1.82) is 0 Å². The summed E-state index contributed by atoms with van der Waals surface area (Å²) < 4.78 is 0. The summed E-state index contributed by atoms with van der Waals surface area (Å²) >= 11 is 0. The van der Waals surface area contributed by atoms with Gasteiger partial charge >= 0.3 is 0 Å². The first-order valence-electron chi connectivity index (χ1n) is 3.05. The fourth-order valence-corrected chi connectivity index (χ4v) is 0.546. The summed E-state index contributed by atoms with van der Waals surface area (Å²) in [4.78, 5) is 9.12. The zero-order valence-corrected chi connectivity index (χ0v) is 5.73. The zero-order chi connectivity index (χ0) is 8.15. The van der Waals surface area contributed by atoms with Crippen LogP contribution in [0.1, 0.15) is 13.3 Å². The molecule has 0 aromatic heterocycles. The summed E-state index contributed by atoms with van der Waals surface area (Å²) in [7, 11) is 0. The zero-order valence-electron chi connectivity index (χ0n) is 5.73. The van der Waals surface area contributed by atoms with E-state index in [9.17, 15) is 10.1 Å². The topological polar surface area (TPSA) is 83.6 Å². The molecular formula is C5H11NO4. The predicted octanol–water partition coefficient (Wildman–Crippen LogP) is -0.605. The number of rotatable bonds is 4. The number of nitrogens with zero attached hydrogens (tertiary/aromatic N) is 1.